The van der Waals surface area contributed by atoms with Gasteiger partial charge in [0.25, 0.3) is 5.69 Å². The van der Waals surface area contributed by atoms with Crippen molar-refractivity contribution in [2.45, 2.75) is 38.3 Å². The van der Waals surface area contributed by atoms with E-state index in [1.54, 1.807) is 36.4 Å². The molecule has 9 heteroatoms. The summed E-state index contributed by atoms with van der Waals surface area (Å²) >= 11 is 0. The first-order valence-corrected chi connectivity index (χ1v) is 11.7. The van der Waals surface area contributed by atoms with Crippen LogP contribution in [0.3, 0.4) is 0 Å². The zero-order valence-electron chi connectivity index (χ0n) is 19.5. The van der Waals surface area contributed by atoms with Gasteiger partial charge in [0.15, 0.2) is 0 Å². The van der Waals surface area contributed by atoms with Gasteiger partial charge < -0.3 is 26.0 Å². The van der Waals surface area contributed by atoms with Gasteiger partial charge in [0.1, 0.15) is 17.2 Å². The third kappa shape index (κ3) is 6.48. The molecule has 9 nitrogen and oxygen atoms in total. The molecule has 4 N–H and O–H groups in total. The SMILES string of the molecule is CCC(Nc1ccc(NC(=O)Nc2ccc(Oc3ccccc3)cc2)cc1[N+](=O)[O-])C1CCCN1. The molecule has 0 bridgehead atoms. The van der Waals surface area contributed by atoms with Crippen molar-refractivity contribution in [1.29, 1.82) is 0 Å². The number of hydrogen-bond donors (Lipinski definition) is 4. The Kier molecular flexibility index (Phi) is 7.79. The zero-order valence-corrected chi connectivity index (χ0v) is 19.5. The van der Waals surface area contributed by atoms with E-state index in [9.17, 15) is 14.9 Å². The van der Waals surface area contributed by atoms with E-state index in [0.29, 0.717) is 22.8 Å². The number of anilines is 3. The van der Waals surface area contributed by atoms with Gasteiger partial charge in [-0.25, -0.2) is 4.79 Å². The summed E-state index contributed by atoms with van der Waals surface area (Å²) in [6, 6.07) is 20.9. The molecule has 1 heterocycles. The molecule has 182 valence electrons. The minimum absolute atomic E-state index is 0.0818. The van der Waals surface area contributed by atoms with Crippen LogP contribution in [0.25, 0.3) is 0 Å². The van der Waals surface area contributed by atoms with Crippen molar-refractivity contribution in [2.24, 2.45) is 0 Å². The summed E-state index contributed by atoms with van der Waals surface area (Å²) in [4.78, 5) is 23.8. The normalized spacial score (nSPS) is 15.7. The van der Waals surface area contributed by atoms with Crippen LogP contribution in [-0.2, 0) is 0 Å². The third-order valence-corrected chi connectivity index (χ3v) is 5.91. The predicted molar refractivity (Wildman–Crippen MR) is 137 cm³/mol. The van der Waals surface area contributed by atoms with E-state index in [0.717, 1.165) is 31.6 Å². The Balaban J connectivity index is 1.38. The van der Waals surface area contributed by atoms with E-state index >= 15 is 0 Å². The first-order valence-electron chi connectivity index (χ1n) is 11.7. The number of nitro benzene ring substituents is 1. The minimum atomic E-state index is -0.502. The quantitative estimate of drug-likeness (QED) is 0.224. The molecule has 4 rings (SSSR count). The number of nitrogens with zero attached hydrogens (tertiary/aromatic N) is 1. The second-order valence-corrected chi connectivity index (χ2v) is 8.37. The molecule has 2 amide bonds. The molecular weight excluding hydrogens is 446 g/mol. The van der Waals surface area contributed by atoms with Crippen LogP contribution < -0.4 is 26.0 Å². The number of nitrogens with one attached hydrogen (secondary N) is 4. The maximum absolute atomic E-state index is 12.5. The maximum Gasteiger partial charge on any atom is 0.323 e. The van der Waals surface area contributed by atoms with Crippen molar-refractivity contribution in [1.82, 2.24) is 5.32 Å². The molecule has 0 saturated carbocycles. The molecule has 0 aromatic heterocycles. The second kappa shape index (κ2) is 11.3. The lowest BCUT2D eigenvalue weighted by molar-refractivity contribution is -0.383. The molecule has 1 saturated heterocycles. The fourth-order valence-corrected chi connectivity index (χ4v) is 4.15. The lowest BCUT2D eigenvalue weighted by Gasteiger charge is -2.24. The van der Waals surface area contributed by atoms with Crippen LogP contribution in [0.5, 0.6) is 11.5 Å². The van der Waals surface area contributed by atoms with Crippen LogP contribution in [0.15, 0.2) is 72.8 Å². The molecule has 3 aromatic carbocycles. The molecule has 0 spiro atoms. The lowest BCUT2D eigenvalue weighted by Crippen LogP contribution is -2.39. The number of rotatable bonds is 9. The zero-order chi connectivity index (χ0) is 24.6. The van der Waals surface area contributed by atoms with Crippen LogP contribution in [0.2, 0.25) is 0 Å². The first-order chi connectivity index (χ1) is 17.0. The third-order valence-electron chi connectivity index (χ3n) is 5.91. The summed E-state index contributed by atoms with van der Waals surface area (Å²) in [5.41, 5.74) is 1.25. The highest BCUT2D eigenvalue weighted by molar-refractivity contribution is 6.00. The number of nitro groups is 1. The predicted octanol–water partition coefficient (Wildman–Crippen LogP) is 5.97. The van der Waals surface area contributed by atoms with E-state index in [2.05, 4.69) is 28.2 Å². The number of ether oxygens (including phenoxy) is 1. The van der Waals surface area contributed by atoms with Gasteiger partial charge in [0.2, 0.25) is 0 Å². The van der Waals surface area contributed by atoms with Crippen molar-refractivity contribution in [3.8, 4) is 11.5 Å². The van der Waals surface area contributed by atoms with Crippen LogP contribution in [0, 0.1) is 10.1 Å². The summed E-state index contributed by atoms with van der Waals surface area (Å²) in [6.07, 6.45) is 2.98. The van der Waals surface area contributed by atoms with Crippen molar-refractivity contribution >= 4 is 28.8 Å². The summed E-state index contributed by atoms with van der Waals surface area (Å²) in [5, 5.41) is 23.9. The second-order valence-electron chi connectivity index (χ2n) is 8.37. The molecule has 1 aliphatic rings. The van der Waals surface area contributed by atoms with Crippen LogP contribution in [0.1, 0.15) is 26.2 Å². The summed E-state index contributed by atoms with van der Waals surface area (Å²) in [7, 11) is 0. The van der Waals surface area contributed by atoms with Gasteiger partial charge in [-0.1, -0.05) is 25.1 Å². The standard InChI is InChI=1S/C26H29N5O4/c1-2-22(23-9-6-16-27-23)30-24-15-12-19(17-25(24)31(33)34)29-26(32)28-18-10-13-21(14-11-18)35-20-7-4-3-5-8-20/h3-5,7-8,10-15,17,22-23,27,30H,2,6,9,16H2,1H3,(H2,28,29,32). The summed E-state index contributed by atoms with van der Waals surface area (Å²) < 4.78 is 5.75. The molecule has 0 radical (unpaired) electrons. The van der Waals surface area contributed by atoms with E-state index in [-0.39, 0.29) is 17.8 Å². The Morgan fingerprint density at radius 2 is 1.74 bits per heavy atom. The number of benzene rings is 3. The fraction of sp³-hybridized carbons (Fsp3) is 0.269. The molecule has 3 aromatic rings. The van der Waals surface area contributed by atoms with Crippen LogP contribution >= 0.6 is 0 Å². The van der Waals surface area contributed by atoms with E-state index in [1.807, 2.05) is 30.3 Å². The Bertz CT molecular complexity index is 1150. The average Bonchev–Trinajstić information content (AvgIpc) is 3.40. The number of para-hydroxylation sites is 1. The Morgan fingerprint density at radius 3 is 2.40 bits per heavy atom. The minimum Gasteiger partial charge on any atom is -0.457 e. The van der Waals surface area contributed by atoms with Gasteiger partial charge in [-0.2, -0.15) is 0 Å². The first kappa shape index (κ1) is 24.0. The van der Waals surface area contributed by atoms with Crippen molar-refractivity contribution in [3.05, 3.63) is 82.9 Å². The van der Waals surface area contributed by atoms with Gasteiger partial charge in [-0.3, -0.25) is 10.1 Å². The number of carbonyl (C=O) groups is 1. The van der Waals surface area contributed by atoms with Gasteiger partial charge >= 0.3 is 6.03 Å². The number of carbonyl (C=O) groups excluding carboxylic acids is 1. The van der Waals surface area contributed by atoms with Crippen molar-refractivity contribution < 1.29 is 14.5 Å². The van der Waals surface area contributed by atoms with Crippen LogP contribution in [-0.4, -0.2) is 29.6 Å². The summed E-state index contributed by atoms with van der Waals surface area (Å²) in [5.74, 6) is 1.36. The van der Waals surface area contributed by atoms with Gasteiger partial charge in [-0.15, -0.1) is 0 Å². The van der Waals surface area contributed by atoms with Crippen LogP contribution in [0.4, 0.5) is 27.5 Å². The number of hydrogen-bond acceptors (Lipinski definition) is 6. The Hall–Kier alpha value is -4.11. The largest absolute Gasteiger partial charge is 0.457 e. The number of urea groups is 1. The molecule has 35 heavy (non-hydrogen) atoms. The highest BCUT2D eigenvalue weighted by Crippen LogP contribution is 2.30. The molecular formula is C26H29N5O4. The average molecular weight is 476 g/mol. The smallest absolute Gasteiger partial charge is 0.323 e. The van der Waals surface area contributed by atoms with Crippen molar-refractivity contribution in [2.75, 3.05) is 22.5 Å². The lowest BCUT2D eigenvalue weighted by atomic mass is 10.0. The fourth-order valence-electron chi connectivity index (χ4n) is 4.15. The highest BCUT2D eigenvalue weighted by atomic mass is 16.6. The monoisotopic (exact) mass is 475 g/mol. The molecule has 2 atom stereocenters. The van der Waals surface area contributed by atoms with Gasteiger partial charge in [-0.05, 0) is 74.3 Å². The highest BCUT2D eigenvalue weighted by Gasteiger charge is 2.25. The molecule has 1 fully saturated rings. The maximum atomic E-state index is 12.5. The molecule has 2 unspecified atom stereocenters. The van der Waals surface area contributed by atoms with E-state index < -0.39 is 11.0 Å². The molecule has 1 aliphatic heterocycles. The van der Waals surface area contributed by atoms with Gasteiger partial charge in [0.05, 0.1) is 4.92 Å². The number of amides is 2. The van der Waals surface area contributed by atoms with E-state index in [4.69, 9.17) is 4.74 Å². The topological polar surface area (TPSA) is 118 Å². The van der Waals surface area contributed by atoms with Crippen molar-refractivity contribution in [3.63, 3.8) is 0 Å². The van der Waals surface area contributed by atoms with Gasteiger partial charge in [0, 0.05) is 29.5 Å². The Labute approximate surface area is 204 Å². The molecule has 0 aliphatic carbocycles. The van der Waals surface area contributed by atoms with E-state index in [1.165, 1.54) is 6.07 Å². The summed E-state index contributed by atoms with van der Waals surface area (Å²) in [6.45, 7) is 3.02. The Morgan fingerprint density at radius 1 is 1.06 bits per heavy atom.